The van der Waals surface area contributed by atoms with Crippen LogP contribution in [0.15, 0.2) is 42.5 Å². The van der Waals surface area contributed by atoms with Crippen molar-refractivity contribution in [3.05, 3.63) is 70.0 Å². The first-order chi connectivity index (χ1) is 18.8. The normalized spacial score (nSPS) is 19.6. The predicted octanol–water partition coefficient (Wildman–Crippen LogP) is 4.62. The molecule has 2 unspecified atom stereocenters. The van der Waals surface area contributed by atoms with E-state index < -0.39 is 17.7 Å². The van der Waals surface area contributed by atoms with Crippen LogP contribution >= 0.6 is 11.6 Å². The van der Waals surface area contributed by atoms with Crippen LogP contribution in [0.5, 0.6) is 0 Å². The smallest absolute Gasteiger partial charge is 0.410 e. The molecule has 0 aliphatic carbocycles. The number of piperazine rings is 2. The van der Waals surface area contributed by atoms with Crippen LogP contribution in [0.2, 0.25) is 5.02 Å². The molecule has 2 heterocycles. The zero-order chi connectivity index (χ0) is 29.2. The van der Waals surface area contributed by atoms with Gasteiger partial charge in [-0.3, -0.25) is 9.69 Å². The van der Waals surface area contributed by atoms with Crippen LogP contribution in [-0.2, 0) is 16.1 Å². The molecular weight excluding hydrogens is 537 g/mol. The van der Waals surface area contributed by atoms with E-state index in [-0.39, 0.29) is 23.8 Å². The van der Waals surface area contributed by atoms with Gasteiger partial charge in [-0.05, 0) is 74.7 Å². The van der Waals surface area contributed by atoms with E-state index in [2.05, 4.69) is 10.2 Å². The molecule has 2 fully saturated rings. The lowest BCUT2D eigenvalue weighted by molar-refractivity contribution is -0.140. The van der Waals surface area contributed by atoms with Gasteiger partial charge in [0, 0.05) is 43.8 Å². The molecule has 2 bridgehead atoms. The fourth-order valence-electron chi connectivity index (χ4n) is 5.16. The van der Waals surface area contributed by atoms with Gasteiger partial charge < -0.3 is 25.6 Å². The maximum Gasteiger partial charge on any atom is 0.410 e. The number of fused-ring (bicyclic) bond motifs is 2. The van der Waals surface area contributed by atoms with Crippen molar-refractivity contribution in [3.63, 3.8) is 0 Å². The quantitative estimate of drug-likeness (QED) is 0.509. The molecule has 0 saturated carbocycles. The van der Waals surface area contributed by atoms with Crippen molar-refractivity contribution in [3.8, 4) is 0 Å². The number of carbonyl (C=O) groups excluding carboxylic acids is 3. The largest absolute Gasteiger partial charge is 0.444 e. The molecular formula is C29H35ClFN5O4. The number of hydrogen-bond donors (Lipinski definition) is 2. The highest BCUT2D eigenvalue weighted by Gasteiger charge is 2.44. The van der Waals surface area contributed by atoms with E-state index in [1.165, 1.54) is 18.2 Å². The number of aryl methyl sites for hydroxylation is 1. The number of ether oxygens (including phenoxy) is 1. The highest BCUT2D eigenvalue weighted by molar-refractivity contribution is 6.31. The Balaban J connectivity index is 1.56. The minimum absolute atomic E-state index is 0.210. The van der Waals surface area contributed by atoms with E-state index in [0.29, 0.717) is 49.0 Å². The van der Waals surface area contributed by atoms with E-state index >= 15 is 0 Å². The highest BCUT2D eigenvalue weighted by Crippen LogP contribution is 2.29. The first-order valence-corrected chi connectivity index (χ1v) is 13.5. The van der Waals surface area contributed by atoms with Gasteiger partial charge in [-0.1, -0.05) is 23.7 Å². The Bertz CT molecular complexity index is 1290. The summed E-state index contributed by atoms with van der Waals surface area (Å²) in [4.78, 5) is 43.7. The molecule has 2 atom stereocenters. The molecule has 4 rings (SSSR count). The van der Waals surface area contributed by atoms with Crippen LogP contribution in [0, 0.1) is 12.7 Å². The van der Waals surface area contributed by atoms with Gasteiger partial charge in [-0.25, -0.2) is 14.0 Å². The average Bonchev–Trinajstić information content (AvgIpc) is 2.84. The van der Waals surface area contributed by atoms with Gasteiger partial charge in [0.25, 0.3) is 0 Å². The number of carbonyl (C=O) groups is 3. The van der Waals surface area contributed by atoms with Crippen LogP contribution in [0.4, 0.5) is 19.7 Å². The van der Waals surface area contributed by atoms with Gasteiger partial charge >= 0.3 is 12.1 Å². The minimum Gasteiger partial charge on any atom is -0.444 e. The molecule has 2 aromatic carbocycles. The Morgan fingerprint density at radius 2 is 1.73 bits per heavy atom. The lowest BCUT2D eigenvalue weighted by atomic mass is 9.99. The van der Waals surface area contributed by atoms with E-state index in [0.717, 1.165) is 11.1 Å². The number of nitrogens with one attached hydrogen (secondary N) is 1. The number of halogens is 2. The molecule has 2 saturated heterocycles. The van der Waals surface area contributed by atoms with Crippen molar-refractivity contribution >= 4 is 41.4 Å². The molecule has 11 heteroatoms. The van der Waals surface area contributed by atoms with Crippen molar-refractivity contribution in [1.29, 1.82) is 0 Å². The third kappa shape index (κ3) is 7.31. The fraction of sp³-hybridized carbons (Fsp3) is 0.414. The van der Waals surface area contributed by atoms with Gasteiger partial charge in [0.05, 0.1) is 17.8 Å². The number of anilines is 1. The summed E-state index contributed by atoms with van der Waals surface area (Å²) in [6, 6.07) is 8.43. The standard InChI is InChI=1S/C29H35ClFN5O4/c1-18-11-20(25(12-24(18)30)33-27(32)38)7-10-26(37)36-22-14-34(13-19-5-8-21(31)9-6-19)15-23(36)17-35(16-22)28(39)40-29(2,3)4/h5-12,22-23H,13-17H2,1-4H3,(H3,32,33,38). The number of rotatable bonds is 5. The van der Waals surface area contributed by atoms with Crippen molar-refractivity contribution in [2.75, 3.05) is 31.5 Å². The van der Waals surface area contributed by atoms with E-state index in [9.17, 15) is 18.8 Å². The number of hydrogen-bond acceptors (Lipinski definition) is 5. The van der Waals surface area contributed by atoms with Crippen LogP contribution in [0.25, 0.3) is 6.08 Å². The van der Waals surface area contributed by atoms with Crippen LogP contribution < -0.4 is 11.1 Å². The fourth-order valence-corrected chi connectivity index (χ4v) is 5.33. The maximum absolute atomic E-state index is 13.6. The molecule has 0 spiro atoms. The van der Waals surface area contributed by atoms with Crippen LogP contribution in [0.3, 0.4) is 0 Å². The topological polar surface area (TPSA) is 108 Å². The van der Waals surface area contributed by atoms with Gasteiger partial charge in [-0.15, -0.1) is 0 Å². The van der Waals surface area contributed by atoms with Gasteiger partial charge in [0.15, 0.2) is 0 Å². The van der Waals surface area contributed by atoms with Crippen LogP contribution in [0.1, 0.15) is 37.5 Å². The molecule has 9 nitrogen and oxygen atoms in total. The molecule has 4 amide bonds. The van der Waals surface area contributed by atoms with Crippen molar-refractivity contribution < 1.29 is 23.5 Å². The molecule has 0 aromatic heterocycles. The second-order valence-electron chi connectivity index (χ2n) is 11.3. The highest BCUT2D eigenvalue weighted by atomic mass is 35.5. The summed E-state index contributed by atoms with van der Waals surface area (Å²) in [5.41, 5.74) is 7.41. The van der Waals surface area contributed by atoms with E-state index in [1.807, 2.05) is 32.6 Å². The summed E-state index contributed by atoms with van der Waals surface area (Å²) >= 11 is 6.22. The van der Waals surface area contributed by atoms with E-state index in [4.69, 9.17) is 22.1 Å². The number of urea groups is 1. The number of amides is 4. The molecule has 2 aliphatic heterocycles. The van der Waals surface area contributed by atoms with Crippen molar-refractivity contribution in [1.82, 2.24) is 14.7 Å². The SMILES string of the molecule is Cc1cc(C=CC(=O)N2C3CN(Cc4ccc(F)cc4)CC2CN(C(=O)OC(C)(C)C)C3)c(NC(N)=O)cc1Cl. The molecule has 214 valence electrons. The summed E-state index contributed by atoms with van der Waals surface area (Å²) in [7, 11) is 0. The summed E-state index contributed by atoms with van der Waals surface area (Å²) in [5, 5.41) is 3.00. The maximum atomic E-state index is 13.6. The molecule has 3 N–H and O–H groups in total. The van der Waals surface area contributed by atoms with Crippen LogP contribution in [-0.4, -0.2) is 76.6 Å². The van der Waals surface area contributed by atoms with Gasteiger partial charge in [0.1, 0.15) is 11.4 Å². The third-order valence-corrected chi connectivity index (χ3v) is 7.21. The van der Waals surface area contributed by atoms with Gasteiger partial charge in [-0.2, -0.15) is 0 Å². The lowest BCUT2D eigenvalue weighted by Gasteiger charge is -2.52. The zero-order valence-corrected chi connectivity index (χ0v) is 23.9. The Morgan fingerprint density at radius 1 is 1.10 bits per heavy atom. The molecule has 2 aliphatic rings. The number of nitrogens with two attached hydrogens (primary N) is 1. The summed E-state index contributed by atoms with van der Waals surface area (Å²) in [6.45, 7) is 9.58. The van der Waals surface area contributed by atoms with Crippen molar-refractivity contribution in [2.45, 2.75) is 51.9 Å². The predicted molar refractivity (Wildman–Crippen MR) is 152 cm³/mol. The Kier molecular flexibility index (Phi) is 8.70. The second kappa shape index (κ2) is 11.9. The average molecular weight is 572 g/mol. The Morgan fingerprint density at radius 3 is 2.30 bits per heavy atom. The minimum atomic E-state index is -0.741. The first kappa shape index (κ1) is 29.4. The molecule has 0 radical (unpaired) electrons. The van der Waals surface area contributed by atoms with Crippen molar-refractivity contribution in [2.24, 2.45) is 5.73 Å². The number of benzene rings is 2. The second-order valence-corrected chi connectivity index (χ2v) is 11.7. The molecule has 2 aromatic rings. The third-order valence-electron chi connectivity index (χ3n) is 6.81. The molecule has 40 heavy (non-hydrogen) atoms. The monoisotopic (exact) mass is 571 g/mol. The first-order valence-electron chi connectivity index (χ1n) is 13.1. The summed E-state index contributed by atoms with van der Waals surface area (Å²) in [5.74, 6) is -0.501. The number of nitrogens with zero attached hydrogens (tertiary/aromatic N) is 3. The summed E-state index contributed by atoms with van der Waals surface area (Å²) in [6.07, 6.45) is 2.69. The lowest BCUT2D eigenvalue weighted by Crippen LogP contribution is -2.70. The van der Waals surface area contributed by atoms with Gasteiger partial charge in [0.2, 0.25) is 5.91 Å². The van der Waals surface area contributed by atoms with E-state index in [1.54, 1.807) is 35.2 Å². The summed E-state index contributed by atoms with van der Waals surface area (Å²) < 4.78 is 19.0. The zero-order valence-electron chi connectivity index (χ0n) is 23.1. The number of primary amides is 1. The Hall–Kier alpha value is -3.63. The Labute approximate surface area is 238 Å².